The van der Waals surface area contributed by atoms with E-state index >= 15 is 0 Å². The summed E-state index contributed by atoms with van der Waals surface area (Å²) in [6.07, 6.45) is 6.32. The van der Waals surface area contributed by atoms with E-state index in [0.29, 0.717) is 18.9 Å². The zero-order valence-corrected chi connectivity index (χ0v) is 15.7. The largest absolute Gasteiger partial charge is 0.481 e. The van der Waals surface area contributed by atoms with Crippen LogP contribution in [0.15, 0.2) is 24.3 Å². The first-order valence-electron chi connectivity index (χ1n) is 9.82. The minimum Gasteiger partial charge on any atom is -0.481 e. The molecule has 1 heterocycles. The third kappa shape index (κ3) is 4.64. The highest BCUT2D eigenvalue weighted by atomic mass is 16.4. The first-order chi connectivity index (χ1) is 12.5. The number of hydrogen-bond acceptors (Lipinski definition) is 3. The Morgan fingerprint density at radius 1 is 1.23 bits per heavy atom. The molecule has 1 aromatic rings. The molecule has 3 rings (SSSR count). The number of nitrogens with zero attached hydrogens (tertiary/aromatic N) is 2. The first-order valence-corrected chi connectivity index (χ1v) is 9.82. The van der Waals surface area contributed by atoms with Crippen molar-refractivity contribution in [2.24, 2.45) is 5.92 Å². The monoisotopic (exact) mass is 358 g/mol. The Morgan fingerprint density at radius 2 is 2.04 bits per heavy atom. The molecule has 0 bridgehead atoms. The standard InChI is InChI=1S/C21H30N2O3/c1-22(19-10-4-8-17-7-2-3-9-18(17)19)20(24)15-23-13-5-6-16(14-23)11-12-21(25)26/h2-3,7,9,16,19H,4-6,8,10-15H2,1H3,(H,25,26). The topological polar surface area (TPSA) is 60.9 Å². The Kier molecular flexibility index (Phi) is 6.30. The number of likely N-dealkylation sites (tertiary alicyclic amines) is 1. The zero-order valence-electron chi connectivity index (χ0n) is 15.7. The van der Waals surface area contributed by atoms with E-state index in [-0.39, 0.29) is 18.4 Å². The molecule has 1 amide bonds. The third-order valence-electron chi connectivity index (χ3n) is 5.93. The number of fused-ring (bicyclic) bond motifs is 1. The summed E-state index contributed by atoms with van der Waals surface area (Å²) in [6.45, 7) is 2.22. The van der Waals surface area contributed by atoms with Crippen LogP contribution in [-0.2, 0) is 16.0 Å². The van der Waals surface area contributed by atoms with Gasteiger partial charge in [0.05, 0.1) is 12.6 Å². The van der Waals surface area contributed by atoms with Gasteiger partial charge >= 0.3 is 5.97 Å². The van der Waals surface area contributed by atoms with Crippen LogP contribution in [0.25, 0.3) is 0 Å². The number of hydrogen-bond donors (Lipinski definition) is 1. The first kappa shape index (κ1) is 18.9. The second kappa shape index (κ2) is 8.67. The van der Waals surface area contributed by atoms with E-state index < -0.39 is 5.97 Å². The van der Waals surface area contributed by atoms with Crippen LogP contribution in [-0.4, -0.2) is 53.5 Å². The molecule has 2 aliphatic rings. The average molecular weight is 358 g/mol. The van der Waals surface area contributed by atoms with Crippen molar-refractivity contribution in [3.63, 3.8) is 0 Å². The van der Waals surface area contributed by atoms with Crippen molar-refractivity contribution in [2.45, 2.75) is 51.0 Å². The van der Waals surface area contributed by atoms with Crippen molar-refractivity contribution in [2.75, 3.05) is 26.7 Å². The van der Waals surface area contributed by atoms with Gasteiger partial charge < -0.3 is 10.0 Å². The van der Waals surface area contributed by atoms with Gasteiger partial charge in [-0.3, -0.25) is 14.5 Å². The highest BCUT2D eigenvalue weighted by Crippen LogP contribution is 2.33. The Balaban J connectivity index is 1.57. The predicted molar refractivity (Wildman–Crippen MR) is 101 cm³/mol. The second-order valence-electron chi connectivity index (χ2n) is 7.79. The van der Waals surface area contributed by atoms with Crippen LogP contribution in [0.4, 0.5) is 0 Å². The van der Waals surface area contributed by atoms with Gasteiger partial charge in [-0.15, -0.1) is 0 Å². The summed E-state index contributed by atoms with van der Waals surface area (Å²) in [5.74, 6) is -0.159. The van der Waals surface area contributed by atoms with E-state index in [0.717, 1.165) is 45.2 Å². The van der Waals surface area contributed by atoms with Gasteiger partial charge in [0, 0.05) is 20.0 Å². The SMILES string of the molecule is CN(C(=O)CN1CCCC(CCC(=O)O)C1)C1CCCc2ccccc21. The van der Waals surface area contributed by atoms with Crippen molar-refractivity contribution >= 4 is 11.9 Å². The maximum atomic E-state index is 12.9. The number of rotatable bonds is 6. The van der Waals surface area contributed by atoms with Gasteiger partial charge in [-0.05, 0) is 62.1 Å². The predicted octanol–water partition coefficient (Wildman–Crippen LogP) is 3.10. The average Bonchev–Trinajstić information content (AvgIpc) is 2.65. The number of benzene rings is 1. The molecule has 2 atom stereocenters. The molecule has 5 nitrogen and oxygen atoms in total. The molecule has 1 aliphatic heterocycles. The van der Waals surface area contributed by atoms with Crippen LogP contribution in [0.3, 0.4) is 0 Å². The molecule has 0 saturated carbocycles. The Morgan fingerprint density at radius 3 is 2.85 bits per heavy atom. The number of aliphatic carboxylic acids is 1. The number of piperidine rings is 1. The molecule has 0 aromatic heterocycles. The molecule has 1 aliphatic carbocycles. The zero-order chi connectivity index (χ0) is 18.5. The molecular formula is C21H30N2O3. The van der Waals surface area contributed by atoms with Gasteiger partial charge in [-0.25, -0.2) is 0 Å². The summed E-state index contributed by atoms with van der Waals surface area (Å²) in [4.78, 5) is 27.8. The normalized spacial score (nSPS) is 23.3. The number of carbonyl (C=O) groups is 2. The van der Waals surface area contributed by atoms with E-state index in [9.17, 15) is 9.59 Å². The summed E-state index contributed by atoms with van der Waals surface area (Å²) in [6, 6.07) is 8.66. The second-order valence-corrected chi connectivity index (χ2v) is 7.79. The van der Waals surface area contributed by atoms with Crippen LogP contribution < -0.4 is 0 Å². The van der Waals surface area contributed by atoms with Crippen LogP contribution in [0, 0.1) is 5.92 Å². The molecule has 1 N–H and O–H groups in total. The fourth-order valence-corrected chi connectivity index (χ4v) is 4.47. The lowest BCUT2D eigenvalue weighted by Crippen LogP contribution is -2.44. The number of carbonyl (C=O) groups excluding carboxylic acids is 1. The van der Waals surface area contributed by atoms with E-state index in [1.807, 2.05) is 11.9 Å². The van der Waals surface area contributed by atoms with Gasteiger partial charge in [-0.1, -0.05) is 24.3 Å². The molecule has 1 aromatic carbocycles. The van der Waals surface area contributed by atoms with Gasteiger partial charge in [0.1, 0.15) is 0 Å². The van der Waals surface area contributed by atoms with Gasteiger partial charge in [0.2, 0.25) is 5.91 Å². The Labute approximate surface area is 156 Å². The number of aryl methyl sites for hydroxylation is 1. The van der Waals surface area contributed by atoms with Gasteiger partial charge in [0.25, 0.3) is 0 Å². The van der Waals surface area contributed by atoms with Gasteiger partial charge in [0.15, 0.2) is 0 Å². The maximum Gasteiger partial charge on any atom is 0.303 e. The number of carboxylic acid groups (broad SMARTS) is 1. The van der Waals surface area contributed by atoms with Crippen LogP contribution in [0.5, 0.6) is 0 Å². The highest BCUT2D eigenvalue weighted by molar-refractivity contribution is 5.78. The van der Waals surface area contributed by atoms with Crippen LogP contribution in [0.1, 0.15) is 55.7 Å². The van der Waals surface area contributed by atoms with Crippen molar-refractivity contribution in [3.8, 4) is 0 Å². The van der Waals surface area contributed by atoms with Crippen LogP contribution >= 0.6 is 0 Å². The van der Waals surface area contributed by atoms with E-state index in [1.165, 1.54) is 11.1 Å². The molecule has 1 fully saturated rings. The number of amides is 1. The molecule has 1 saturated heterocycles. The van der Waals surface area contributed by atoms with Gasteiger partial charge in [-0.2, -0.15) is 0 Å². The molecule has 26 heavy (non-hydrogen) atoms. The summed E-state index contributed by atoms with van der Waals surface area (Å²) in [7, 11) is 1.93. The minimum absolute atomic E-state index is 0.172. The molecule has 0 radical (unpaired) electrons. The van der Waals surface area contributed by atoms with Crippen LogP contribution in [0.2, 0.25) is 0 Å². The van der Waals surface area contributed by atoms with E-state index in [1.54, 1.807) is 0 Å². The number of carboxylic acids is 1. The lowest BCUT2D eigenvalue weighted by Gasteiger charge is -2.36. The smallest absolute Gasteiger partial charge is 0.303 e. The van der Waals surface area contributed by atoms with E-state index in [4.69, 9.17) is 5.11 Å². The van der Waals surface area contributed by atoms with Crippen molar-refractivity contribution in [1.82, 2.24) is 9.80 Å². The number of likely N-dealkylation sites (N-methyl/N-ethyl adjacent to an activating group) is 1. The molecule has 5 heteroatoms. The summed E-state index contributed by atoms with van der Waals surface area (Å²) in [5, 5.41) is 8.88. The summed E-state index contributed by atoms with van der Waals surface area (Å²) < 4.78 is 0. The molecule has 142 valence electrons. The maximum absolute atomic E-state index is 12.9. The summed E-state index contributed by atoms with van der Waals surface area (Å²) in [5.41, 5.74) is 2.67. The van der Waals surface area contributed by atoms with Crippen molar-refractivity contribution in [3.05, 3.63) is 35.4 Å². The van der Waals surface area contributed by atoms with Crippen molar-refractivity contribution in [1.29, 1.82) is 0 Å². The molecule has 2 unspecified atom stereocenters. The van der Waals surface area contributed by atoms with E-state index in [2.05, 4.69) is 29.2 Å². The Hall–Kier alpha value is -1.88. The quantitative estimate of drug-likeness (QED) is 0.849. The molecular weight excluding hydrogens is 328 g/mol. The lowest BCUT2D eigenvalue weighted by molar-refractivity contribution is -0.138. The fraction of sp³-hybridized carbons (Fsp3) is 0.619. The Bertz CT molecular complexity index is 646. The summed E-state index contributed by atoms with van der Waals surface area (Å²) >= 11 is 0. The highest BCUT2D eigenvalue weighted by Gasteiger charge is 2.28. The fourth-order valence-electron chi connectivity index (χ4n) is 4.47. The lowest BCUT2D eigenvalue weighted by atomic mass is 9.87. The third-order valence-corrected chi connectivity index (χ3v) is 5.93. The molecule has 0 spiro atoms. The minimum atomic E-state index is -0.728. The van der Waals surface area contributed by atoms with Crippen molar-refractivity contribution < 1.29 is 14.7 Å².